The summed E-state index contributed by atoms with van der Waals surface area (Å²) in [5.74, 6) is -0.918. The number of carboxylic acid groups (broad SMARTS) is 1. The smallest absolute Gasteiger partial charge is 0.332 e. The molecular weight excluding hydrogens is 234 g/mol. The molecule has 0 saturated carbocycles. The van der Waals surface area contributed by atoms with Gasteiger partial charge in [-0.15, -0.1) is 11.3 Å². The van der Waals surface area contributed by atoms with Gasteiger partial charge in [-0.1, -0.05) is 30.3 Å². The van der Waals surface area contributed by atoms with Gasteiger partial charge in [-0.25, -0.2) is 9.78 Å². The number of aromatic nitrogens is 1. The lowest BCUT2D eigenvalue weighted by atomic mass is 10.0. The van der Waals surface area contributed by atoms with E-state index in [0.717, 1.165) is 10.6 Å². The first-order chi connectivity index (χ1) is 8.20. The summed E-state index contributed by atoms with van der Waals surface area (Å²) in [6.45, 7) is 1.60. The van der Waals surface area contributed by atoms with Gasteiger partial charge in [0.25, 0.3) is 0 Å². The Morgan fingerprint density at radius 3 is 2.53 bits per heavy atom. The zero-order chi connectivity index (χ0) is 12.3. The maximum atomic E-state index is 11.1. The monoisotopic (exact) mass is 245 g/mol. The van der Waals surface area contributed by atoms with Gasteiger partial charge < -0.3 is 5.11 Å². The minimum absolute atomic E-state index is 0.311. The van der Waals surface area contributed by atoms with Gasteiger partial charge in [0.15, 0.2) is 0 Å². The molecule has 0 atom stereocenters. The van der Waals surface area contributed by atoms with E-state index in [-0.39, 0.29) is 0 Å². The summed E-state index contributed by atoms with van der Waals surface area (Å²) in [5.41, 5.74) is 1.88. The zero-order valence-corrected chi connectivity index (χ0v) is 10.1. The van der Waals surface area contributed by atoms with Crippen molar-refractivity contribution in [3.05, 3.63) is 58.1 Å². The van der Waals surface area contributed by atoms with Crippen molar-refractivity contribution in [1.82, 2.24) is 4.98 Å². The molecule has 0 radical (unpaired) electrons. The van der Waals surface area contributed by atoms with Crippen LogP contribution < -0.4 is 0 Å². The lowest BCUT2D eigenvalue weighted by Gasteiger charge is -2.07. The second-order valence-corrected chi connectivity index (χ2v) is 4.40. The van der Waals surface area contributed by atoms with Crippen LogP contribution >= 0.6 is 11.3 Å². The minimum Gasteiger partial charge on any atom is -0.478 e. The average molecular weight is 245 g/mol. The molecule has 86 valence electrons. The van der Waals surface area contributed by atoms with Crippen molar-refractivity contribution in [1.29, 1.82) is 0 Å². The van der Waals surface area contributed by atoms with Crippen LogP contribution in [0, 0.1) is 0 Å². The van der Waals surface area contributed by atoms with Gasteiger partial charge in [0.05, 0.1) is 0 Å². The number of thiazole rings is 1. The first-order valence-electron chi connectivity index (χ1n) is 5.09. The Labute approximate surface area is 103 Å². The van der Waals surface area contributed by atoms with Crippen LogP contribution in [0.5, 0.6) is 0 Å². The van der Waals surface area contributed by atoms with Crippen LogP contribution in [-0.2, 0) is 4.79 Å². The average Bonchev–Trinajstić information content (AvgIpc) is 2.84. The zero-order valence-electron chi connectivity index (χ0n) is 9.25. The number of carboxylic acids is 1. The fraction of sp³-hybridized carbons (Fsp3) is 0.0769. The Hall–Kier alpha value is -1.94. The highest BCUT2D eigenvalue weighted by molar-refractivity contribution is 7.10. The third kappa shape index (κ3) is 2.42. The molecule has 0 saturated heterocycles. The number of carbonyl (C=O) groups is 1. The molecule has 0 bridgehead atoms. The Balaban J connectivity index is 2.62. The van der Waals surface area contributed by atoms with Crippen LogP contribution in [0.3, 0.4) is 0 Å². The van der Waals surface area contributed by atoms with E-state index in [0.29, 0.717) is 11.1 Å². The lowest BCUT2D eigenvalue weighted by Crippen LogP contribution is -2.02. The van der Waals surface area contributed by atoms with Crippen molar-refractivity contribution in [3.63, 3.8) is 0 Å². The molecule has 3 nitrogen and oxygen atoms in total. The molecule has 1 N–H and O–H groups in total. The predicted octanol–water partition coefficient (Wildman–Crippen LogP) is 3.05. The van der Waals surface area contributed by atoms with E-state index in [1.807, 2.05) is 35.7 Å². The summed E-state index contributed by atoms with van der Waals surface area (Å²) in [6.07, 6.45) is 1.68. The van der Waals surface area contributed by atoms with Crippen LogP contribution in [-0.4, -0.2) is 16.1 Å². The van der Waals surface area contributed by atoms with E-state index < -0.39 is 5.97 Å². The number of rotatable bonds is 3. The first-order valence-corrected chi connectivity index (χ1v) is 5.97. The van der Waals surface area contributed by atoms with Crippen LogP contribution in [0.15, 0.2) is 47.5 Å². The summed E-state index contributed by atoms with van der Waals surface area (Å²) in [4.78, 5) is 15.3. The number of hydrogen-bond acceptors (Lipinski definition) is 3. The molecule has 0 aliphatic carbocycles. The van der Waals surface area contributed by atoms with Gasteiger partial charge in [-0.3, -0.25) is 0 Å². The Bertz CT molecular complexity index is 544. The van der Waals surface area contributed by atoms with Gasteiger partial charge in [0.2, 0.25) is 0 Å². The quantitative estimate of drug-likeness (QED) is 0.845. The lowest BCUT2D eigenvalue weighted by molar-refractivity contribution is -0.132. The van der Waals surface area contributed by atoms with E-state index in [1.54, 1.807) is 13.1 Å². The maximum absolute atomic E-state index is 11.1. The van der Waals surface area contributed by atoms with Crippen LogP contribution in [0.1, 0.15) is 17.5 Å². The van der Waals surface area contributed by atoms with Gasteiger partial charge in [0.1, 0.15) is 5.01 Å². The molecule has 0 fully saturated rings. The molecular formula is C13H11NO2S. The first kappa shape index (κ1) is 11.5. The summed E-state index contributed by atoms with van der Waals surface area (Å²) < 4.78 is 0. The van der Waals surface area contributed by atoms with Crippen molar-refractivity contribution < 1.29 is 9.90 Å². The second-order valence-electron chi connectivity index (χ2n) is 3.51. The third-order valence-electron chi connectivity index (χ3n) is 2.40. The van der Waals surface area contributed by atoms with Crippen molar-refractivity contribution in [2.75, 3.05) is 0 Å². The summed E-state index contributed by atoms with van der Waals surface area (Å²) in [7, 11) is 0. The molecule has 0 amide bonds. The highest BCUT2D eigenvalue weighted by Gasteiger charge is 2.15. The number of hydrogen-bond donors (Lipinski definition) is 1. The van der Waals surface area contributed by atoms with E-state index in [1.165, 1.54) is 11.3 Å². The fourth-order valence-corrected chi connectivity index (χ4v) is 2.32. The number of nitrogens with zero attached hydrogens (tertiary/aromatic N) is 1. The Morgan fingerprint density at radius 1 is 1.29 bits per heavy atom. The molecule has 4 heteroatoms. The Kier molecular flexibility index (Phi) is 3.35. The second kappa shape index (κ2) is 4.93. The Morgan fingerprint density at radius 2 is 2.00 bits per heavy atom. The fourth-order valence-electron chi connectivity index (χ4n) is 1.56. The van der Waals surface area contributed by atoms with Crippen LogP contribution in [0.25, 0.3) is 5.57 Å². The van der Waals surface area contributed by atoms with Crippen LogP contribution in [0.2, 0.25) is 0 Å². The highest BCUT2D eigenvalue weighted by atomic mass is 32.1. The molecule has 1 aromatic heterocycles. The van der Waals surface area contributed by atoms with Crippen molar-refractivity contribution >= 4 is 22.9 Å². The molecule has 1 aromatic carbocycles. The van der Waals surface area contributed by atoms with E-state index in [4.69, 9.17) is 5.11 Å². The summed E-state index contributed by atoms with van der Waals surface area (Å²) >= 11 is 1.44. The molecule has 0 spiro atoms. The number of benzene rings is 1. The molecule has 0 aliphatic rings. The minimum atomic E-state index is -0.918. The number of aliphatic carboxylic acids is 1. The SMILES string of the molecule is CC(C(=O)O)=C(c1ccccc1)c1nccs1. The predicted molar refractivity (Wildman–Crippen MR) is 67.9 cm³/mol. The van der Waals surface area contributed by atoms with Crippen LogP contribution in [0.4, 0.5) is 0 Å². The van der Waals surface area contributed by atoms with E-state index >= 15 is 0 Å². The maximum Gasteiger partial charge on any atom is 0.332 e. The highest BCUT2D eigenvalue weighted by Crippen LogP contribution is 2.28. The van der Waals surface area contributed by atoms with Gasteiger partial charge in [-0.05, 0) is 12.5 Å². The molecule has 1 heterocycles. The molecule has 2 aromatic rings. The third-order valence-corrected chi connectivity index (χ3v) is 3.20. The molecule has 0 unspecified atom stereocenters. The van der Waals surface area contributed by atoms with E-state index in [9.17, 15) is 4.79 Å². The van der Waals surface area contributed by atoms with Crippen molar-refractivity contribution in [2.24, 2.45) is 0 Å². The van der Waals surface area contributed by atoms with Gasteiger partial charge in [-0.2, -0.15) is 0 Å². The standard InChI is InChI=1S/C13H11NO2S/c1-9(13(15)16)11(12-14-7-8-17-12)10-5-3-2-4-6-10/h2-8H,1H3,(H,15,16). The molecule has 2 rings (SSSR count). The van der Waals surface area contributed by atoms with Crippen molar-refractivity contribution in [3.8, 4) is 0 Å². The summed E-state index contributed by atoms with van der Waals surface area (Å²) in [5, 5.41) is 11.7. The van der Waals surface area contributed by atoms with Gasteiger partial charge >= 0.3 is 5.97 Å². The van der Waals surface area contributed by atoms with E-state index in [2.05, 4.69) is 4.98 Å². The van der Waals surface area contributed by atoms with Crippen molar-refractivity contribution in [2.45, 2.75) is 6.92 Å². The molecule has 17 heavy (non-hydrogen) atoms. The van der Waals surface area contributed by atoms with Gasteiger partial charge in [0, 0.05) is 22.7 Å². The molecule has 0 aliphatic heterocycles. The largest absolute Gasteiger partial charge is 0.478 e. The normalized spacial score (nSPS) is 12.1. The summed E-state index contributed by atoms with van der Waals surface area (Å²) in [6, 6.07) is 9.46. The topological polar surface area (TPSA) is 50.2 Å².